The molecule has 3 aromatic rings. The first-order valence-corrected chi connectivity index (χ1v) is 10.1. The molecule has 0 unspecified atom stereocenters. The van der Waals surface area contributed by atoms with Crippen LogP contribution in [0.4, 0.5) is 5.69 Å². The van der Waals surface area contributed by atoms with E-state index < -0.39 is 10.0 Å². The van der Waals surface area contributed by atoms with Crippen LogP contribution < -0.4 is 14.2 Å². The Bertz CT molecular complexity index is 1080. The highest BCUT2D eigenvalue weighted by molar-refractivity contribution is 7.92. The minimum Gasteiger partial charge on any atom is -0.493 e. The molecule has 0 fully saturated rings. The monoisotopic (exact) mass is 402 g/mol. The molecule has 9 heteroatoms. The lowest BCUT2D eigenvalue weighted by molar-refractivity contribution is 0.354. The summed E-state index contributed by atoms with van der Waals surface area (Å²) in [4.78, 5) is 0.0687. The van der Waals surface area contributed by atoms with Crippen molar-refractivity contribution in [2.45, 2.75) is 24.7 Å². The summed E-state index contributed by atoms with van der Waals surface area (Å²) in [7, 11) is -0.868. The Morgan fingerprint density at radius 1 is 1.04 bits per heavy atom. The molecule has 0 radical (unpaired) electrons. The highest BCUT2D eigenvalue weighted by Crippen LogP contribution is 2.30. The van der Waals surface area contributed by atoms with Gasteiger partial charge in [-0.15, -0.1) is 5.10 Å². The number of sulfonamides is 1. The first-order valence-electron chi connectivity index (χ1n) is 8.61. The third-order valence-electron chi connectivity index (χ3n) is 4.18. The Hall–Kier alpha value is -3.07. The lowest BCUT2D eigenvalue weighted by atomic mass is 10.1. The minimum absolute atomic E-state index is 0.0687. The van der Waals surface area contributed by atoms with E-state index >= 15 is 0 Å². The van der Waals surface area contributed by atoms with Crippen LogP contribution in [0.3, 0.4) is 0 Å². The summed E-state index contributed by atoms with van der Waals surface area (Å²) in [6.07, 6.45) is 1.70. The topological polar surface area (TPSA) is 95.3 Å². The quantitative estimate of drug-likeness (QED) is 0.652. The predicted octanol–water partition coefficient (Wildman–Crippen LogP) is 3.21. The summed E-state index contributed by atoms with van der Waals surface area (Å²) in [6.45, 7) is 4.08. The number of aromatic nitrogens is 3. The molecule has 0 spiro atoms. The SMILES string of the molecule is COc1ccc(S(=O)(=O)Nc2cccc(-n3nncc3C(C)C)c2)cc1OC. The average molecular weight is 402 g/mol. The van der Waals surface area contributed by atoms with Crippen LogP contribution in [0.5, 0.6) is 11.5 Å². The number of anilines is 1. The van der Waals surface area contributed by atoms with E-state index in [2.05, 4.69) is 15.0 Å². The summed E-state index contributed by atoms with van der Waals surface area (Å²) < 4.78 is 40.2. The summed E-state index contributed by atoms with van der Waals surface area (Å²) >= 11 is 0. The average Bonchev–Trinajstić information content (AvgIpc) is 3.17. The molecule has 0 aliphatic carbocycles. The summed E-state index contributed by atoms with van der Waals surface area (Å²) in [6, 6.07) is 11.4. The molecule has 2 aromatic carbocycles. The summed E-state index contributed by atoms with van der Waals surface area (Å²) in [5.41, 5.74) is 2.06. The van der Waals surface area contributed by atoms with Gasteiger partial charge in [0.25, 0.3) is 10.0 Å². The molecule has 0 saturated heterocycles. The van der Waals surface area contributed by atoms with E-state index in [0.29, 0.717) is 22.9 Å². The highest BCUT2D eigenvalue weighted by Gasteiger charge is 2.18. The van der Waals surface area contributed by atoms with Gasteiger partial charge in [-0.3, -0.25) is 4.72 Å². The van der Waals surface area contributed by atoms with Gasteiger partial charge >= 0.3 is 0 Å². The van der Waals surface area contributed by atoms with E-state index in [1.54, 1.807) is 35.1 Å². The van der Waals surface area contributed by atoms with Gasteiger partial charge in [-0.25, -0.2) is 13.1 Å². The second kappa shape index (κ2) is 7.89. The van der Waals surface area contributed by atoms with Crippen LogP contribution in [0.1, 0.15) is 25.5 Å². The fraction of sp³-hybridized carbons (Fsp3) is 0.263. The molecule has 0 bridgehead atoms. The zero-order valence-electron chi connectivity index (χ0n) is 16.1. The fourth-order valence-corrected chi connectivity index (χ4v) is 3.80. The Morgan fingerprint density at radius 2 is 1.79 bits per heavy atom. The van der Waals surface area contributed by atoms with Crippen LogP contribution >= 0.6 is 0 Å². The number of ether oxygens (including phenoxy) is 2. The van der Waals surface area contributed by atoms with E-state index in [4.69, 9.17) is 9.47 Å². The maximum absolute atomic E-state index is 12.8. The summed E-state index contributed by atoms with van der Waals surface area (Å²) in [5.74, 6) is 1.02. The molecular weight excluding hydrogens is 380 g/mol. The van der Waals surface area contributed by atoms with Crippen molar-refractivity contribution >= 4 is 15.7 Å². The van der Waals surface area contributed by atoms with Crippen LogP contribution in [0.25, 0.3) is 5.69 Å². The van der Waals surface area contributed by atoms with Crippen LogP contribution in [0.2, 0.25) is 0 Å². The number of hydrogen-bond donors (Lipinski definition) is 1. The van der Waals surface area contributed by atoms with Crippen molar-refractivity contribution in [2.75, 3.05) is 18.9 Å². The van der Waals surface area contributed by atoms with Crippen LogP contribution in [0, 0.1) is 0 Å². The Kier molecular flexibility index (Phi) is 5.55. The van der Waals surface area contributed by atoms with Gasteiger partial charge in [-0.1, -0.05) is 25.1 Å². The molecule has 0 atom stereocenters. The van der Waals surface area contributed by atoms with Gasteiger partial charge in [0, 0.05) is 6.07 Å². The smallest absolute Gasteiger partial charge is 0.262 e. The lowest BCUT2D eigenvalue weighted by Gasteiger charge is -2.13. The second-order valence-corrected chi connectivity index (χ2v) is 8.08. The van der Waals surface area contributed by atoms with Crippen molar-refractivity contribution in [3.05, 3.63) is 54.4 Å². The van der Waals surface area contributed by atoms with Gasteiger partial charge in [0.2, 0.25) is 0 Å². The number of nitrogens with one attached hydrogen (secondary N) is 1. The Balaban J connectivity index is 1.92. The van der Waals surface area contributed by atoms with Crippen LogP contribution in [-0.2, 0) is 10.0 Å². The van der Waals surface area contributed by atoms with Crippen molar-refractivity contribution in [3.63, 3.8) is 0 Å². The zero-order valence-corrected chi connectivity index (χ0v) is 16.9. The number of benzene rings is 2. The molecule has 1 N–H and O–H groups in total. The van der Waals surface area contributed by atoms with Crippen LogP contribution in [0.15, 0.2) is 53.6 Å². The molecule has 0 amide bonds. The maximum Gasteiger partial charge on any atom is 0.262 e. The van der Waals surface area contributed by atoms with E-state index in [0.717, 1.165) is 5.69 Å². The summed E-state index contributed by atoms with van der Waals surface area (Å²) in [5, 5.41) is 8.06. The van der Waals surface area contributed by atoms with E-state index in [1.165, 1.54) is 26.4 Å². The lowest BCUT2D eigenvalue weighted by Crippen LogP contribution is -2.13. The number of hydrogen-bond acceptors (Lipinski definition) is 6. The molecule has 1 heterocycles. The van der Waals surface area contributed by atoms with Gasteiger partial charge in [0.15, 0.2) is 11.5 Å². The molecule has 148 valence electrons. The number of methoxy groups -OCH3 is 2. The molecule has 0 aliphatic heterocycles. The fourth-order valence-electron chi connectivity index (χ4n) is 2.74. The molecule has 8 nitrogen and oxygen atoms in total. The molecule has 0 saturated carbocycles. The maximum atomic E-state index is 12.8. The van der Waals surface area contributed by atoms with Gasteiger partial charge in [0.05, 0.1) is 42.4 Å². The Morgan fingerprint density at radius 3 is 2.46 bits per heavy atom. The van der Waals surface area contributed by atoms with E-state index in [9.17, 15) is 8.42 Å². The second-order valence-electron chi connectivity index (χ2n) is 6.40. The normalized spacial score (nSPS) is 11.5. The van der Waals surface area contributed by atoms with E-state index in [1.807, 2.05) is 19.9 Å². The molecular formula is C19H22N4O4S. The number of nitrogens with zero attached hydrogens (tertiary/aromatic N) is 3. The van der Waals surface area contributed by atoms with Crippen molar-refractivity contribution in [3.8, 4) is 17.2 Å². The minimum atomic E-state index is -3.81. The van der Waals surface area contributed by atoms with Gasteiger partial charge < -0.3 is 9.47 Å². The predicted molar refractivity (Wildman–Crippen MR) is 106 cm³/mol. The molecule has 0 aliphatic rings. The Labute approximate surface area is 164 Å². The highest BCUT2D eigenvalue weighted by atomic mass is 32.2. The largest absolute Gasteiger partial charge is 0.493 e. The van der Waals surface area contributed by atoms with Gasteiger partial charge in [-0.05, 0) is 36.2 Å². The van der Waals surface area contributed by atoms with Crippen LogP contribution in [-0.4, -0.2) is 37.6 Å². The van der Waals surface area contributed by atoms with Crippen molar-refractivity contribution in [1.82, 2.24) is 15.0 Å². The first-order chi connectivity index (χ1) is 13.4. The van der Waals surface area contributed by atoms with Crippen molar-refractivity contribution in [1.29, 1.82) is 0 Å². The standard InChI is InChI=1S/C19H22N4O4S/c1-13(2)17-12-20-22-23(17)15-7-5-6-14(10-15)21-28(24,25)16-8-9-18(26-3)19(11-16)27-4/h5-13,21H,1-4H3. The van der Waals surface area contributed by atoms with Gasteiger partial charge in [0.1, 0.15) is 0 Å². The first kappa shape index (κ1) is 19.7. The third-order valence-corrected chi connectivity index (χ3v) is 5.55. The molecule has 3 rings (SSSR count). The van der Waals surface area contributed by atoms with Gasteiger partial charge in [-0.2, -0.15) is 0 Å². The van der Waals surface area contributed by atoms with E-state index in [-0.39, 0.29) is 10.8 Å². The van der Waals surface area contributed by atoms with Crippen molar-refractivity contribution < 1.29 is 17.9 Å². The third kappa shape index (κ3) is 3.94. The molecule has 1 aromatic heterocycles. The zero-order chi connectivity index (χ0) is 20.3. The van der Waals surface area contributed by atoms with Crippen molar-refractivity contribution in [2.24, 2.45) is 0 Å². The number of rotatable bonds is 7. The molecule has 28 heavy (non-hydrogen) atoms.